The fourth-order valence-electron chi connectivity index (χ4n) is 1.69. The summed E-state index contributed by atoms with van der Waals surface area (Å²) in [6, 6.07) is 0. The lowest BCUT2D eigenvalue weighted by Gasteiger charge is -2.45. The molecule has 1 atom stereocenters. The van der Waals surface area contributed by atoms with Crippen molar-refractivity contribution in [1.82, 2.24) is 10.2 Å². The molecule has 1 fully saturated rings. The highest BCUT2D eigenvalue weighted by Gasteiger charge is 2.40. The minimum Gasteiger partial charge on any atom is -0.386 e. The van der Waals surface area contributed by atoms with Gasteiger partial charge in [-0.2, -0.15) is 0 Å². The molecule has 82 valence electrons. The molecule has 0 aromatic heterocycles. The van der Waals surface area contributed by atoms with Crippen LogP contribution in [0.15, 0.2) is 0 Å². The molecule has 0 aliphatic carbocycles. The van der Waals surface area contributed by atoms with Crippen molar-refractivity contribution in [3.05, 3.63) is 0 Å². The molecule has 0 aromatic rings. The molecular formula is C10H20N2O2. The number of carbonyl (C=O) groups is 1. The van der Waals surface area contributed by atoms with Crippen LogP contribution in [0.5, 0.6) is 0 Å². The molecule has 0 spiro atoms. The second-order valence-electron chi connectivity index (χ2n) is 4.40. The first-order chi connectivity index (χ1) is 6.46. The number of nitrogens with one attached hydrogen (secondary N) is 1. The summed E-state index contributed by atoms with van der Waals surface area (Å²) in [5.74, 6) is 0.142. The molecule has 1 aliphatic rings. The van der Waals surface area contributed by atoms with E-state index >= 15 is 0 Å². The highest BCUT2D eigenvalue weighted by molar-refractivity contribution is 5.79. The Bertz CT molecular complexity index is 208. The van der Waals surface area contributed by atoms with Gasteiger partial charge in [0.1, 0.15) is 0 Å². The number of aliphatic hydroxyl groups is 1. The molecule has 0 radical (unpaired) electrons. The normalized spacial score (nSPS) is 21.6. The van der Waals surface area contributed by atoms with Gasteiger partial charge in [-0.05, 0) is 13.5 Å². The van der Waals surface area contributed by atoms with Crippen molar-refractivity contribution in [3.63, 3.8) is 0 Å². The summed E-state index contributed by atoms with van der Waals surface area (Å²) >= 11 is 0. The zero-order valence-electron chi connectivity index (χ0n) is 9.21. The van der Waals surface area contributed by atoms with Gasteiger partial charge in [-0.25, -0.2) is 0 Å². The number of hydrogen-bond acceptors (Lipinski definition) is 3. The molecule has 0 saturated carbocycles. The molecule has 1 heterocycles. The maximum Gasteiger partial charge on any atom is 0.226 e. The molecular weight excluding hydrogens is 180 g/mol. The van der Waals surface area contributed by atoms with Gasteiger partial charge in [-0.1, -0.05) is 13.8 Å². The lowest BCUT2D eigenvalue weighted by atomic mass is 9.95. The first kappa shape index (κ1) is 11.5. The lowest BCUT2D eigenvalue weighted by molar-refractivity contribution is -0.155. The van der Waals surface area contributed by atoms with Gasteiger partial charge in [-0.3, -0.25) is 4.79 Å². The molecule has 4 nitrogen and oxygen atoms in total. The van der Waals surface area contributed by atoms with Crippen LogP contribution in [0.4, 0.5) is 0 Å². The molecule has 0 bridgehead atoms. The third kappa shape index (κ3) is 2.69. The topological polar surface area (TPSA) is 52.6 Å². The van der Waals surface area contributed by atoms with Gasteiger partial charge in [0, 0.05) is 12.5 Å². The molecule has 0 aromatic carbocycles. The lowest BCUT2D eigenvalue weighted by Crippen LogP contribution is -2.63. The van der Waals surface area contributed by atoms with Gasteiger partial charge >= 0.3 is 0 Å². The third-order valence-corrected chi connectivity index (χ3v) is 2.50. The summed E-state index contributed by atoms with van der Waals surface area (Å²) in [6.45, 7) is 8.24. The third-order valence-electron chi connectivity index (χ3n) is 2.50. The number of rotatable bonds is 4. The summed E-state index contributed by atoms with van der Waals surface area (Å²) in [5.41, 5.74) is -0.659. The Morgan fingerprint density at radius 1 is 1.64 bits per heavy atom. The van der Waals surface area contributed by atoms with Crippen LogP contribution in [0.1, 0.15) is 20.8 Å². The average Bonchev–Trinajstić information content (AvgIpc) is 2.08. The van der Waals surface area contributed by atoms with Gasteiger partial charge in [0.2, 0.25) is 5.91 Å². The van der Waals surface area contributed by atoms with E-state index in [2.05, 4.69) is 5.32 Å². The van der Waals surface area contributed by atoms with Crippen molar-refractivity contribution in [2.75, 3.05) is 26.2 Å². The molecule has 1 saturated heterocycles. The summed E-state index contributed by atoms with van der Waals surface area (Å²) in [7, 11) is 0. The summed E-state index contributed by atoms with van der Waals surface area (Å²) < 4.78 is 0. The zero-order valence-corrected chi connectivity index (χ0v) is 9.21. The van der Waals surface area contributed by atoms with Crippen LogP contribution in [0, 0.1) is 5.92 Å². The van der Waals surface area contributed by atoms with Crippen LogP contribution in [-0.4, -0.2) is 47.7 Å². The van der Waals surface area contributed by atoms with Crippen molar-refractivity contribution in [3.8, 4) is 0 Å². The average molecular weight is 200 g/mol. The fourth-order valence-corrected chi connectivity index (χ4v) is 1.69. The smallest absolute Gasteiger partial charge is 0.226 e. The van der Waals surface area contributed by atoms with Crippen molar-refractivity contribution in [2.24, 2.45) is 5.92 Å². The van der Waals surface area contributed by atoms with Gasteiger partial charge in [0.05, 0.1) is 18.7 Å². The van der Waals surface area contributed by atoms with Gasteiger partial charge < -0.3 is 15.3 Å². The van der Waals surface area contributed by atoms with E-state index in [-0.39, 0.29) is 11.8 Å². The second-order valence-corrected chi connectivity index (χ2v) is 4.40. The highest BCUT2D eigenvalue weighted by atomic mass is 16.3. The largest absolute Gasteiger partial charge is 0.386 e. The van der Waals surface area contributed by atoms with Crippen LogP contribution in [0.3, 0.4) is 0 Å². The first-order valence-electron chi connectivity index (χ1n) is 5.18. The van der Waals surface area contributed by atoms with Gasteiger partial charge in [0.25, 0.3) is 0 Å². The van der Waals surface area contributed by atoms with Crippen LogP contribution in [0.2, 0.25) is 0 Å². The van der Waals surface area contributed by atoms with E-state index in [4.69, 9.17) is 0 Å². The van der Waals surface area contributed by atoms with E-state index in [1.165, 1.54) is 0 Å². The first-order valence-corrected chi connectivity index (χ1v) is 5.18. The van der Waals surface area contributed by atoms with E-state index in [0.717, 1.165) is 6.54 Å². The Labute approximate surface area is 85.3 Å². The van der Waals surface area contributed by atoms with E-state index in [1.54, 1.807) is 11.8 Å². The standard InChI is InChI=1S/C10H20N2O2/c1-4-11-5-8(2)9(13)12-6-10(3,14)7-12/h8,11,14H,4-7H2,1-3H3. The number of likely N-dealkylation sites (tertiary alicyclic amines) is 1. The number of nitrogens with zero attached hydrogens (tertiary/aromatic N) is 1. The highest BCUT2D eigenvalue weighted by Crippen LogP contribution is 2.21. The van der Waals surface area contributed by atoms with E-state index < -0.39 is 5.60 Å². The van der Waals surface area contributed by atoms with Crippen molar-refractivity contribution >= 4 is 5.91 Å². The summed E-state index contributed by atoms with van der Waals surface area (Å²) in [4.78, 5) is 13.4. The maximum atomic E-state index is 11.7. The van der Waals surface area contributed by atoms with E-state index in [1.807, 2.05) is 13.8 Å². The van der Waals surface area contributed by atoms with Crippen LogP contribution in [0.25, 0.3) is 0 Å². The van der Waals surface area contributed by atoms with Crippen LogP contribution in [-0.2, 0) is 4.79 Å². The van der Waals surface area contributed by atoms with Gasteiger partial charge in [0.15, 0.2) is 0 Å². The Morgan fingerprint density at radius 3 is 2.64 bits per heavy atom. The Morgan fingerprint density at radius 2 is 2.21 bits per heavy atom. The van der Waals surface area contributed by atoms with Crippen molar-refractivity contribution in [1.29, 1.82) is 0 Å². The number of amides is 1. The minimum absolute atomic E-state index is 0.00560. The monoisotopic (exact) mass is 200 g/mol. The quantitative estimate of drug-likeness (QED) is 0.662. The van der Waals surface area contributed by atoms with Crippen molar-refractivity contribution in [2.45, 2.75) is 26.4 Å². The van der Waals surface area contributed by atoms with Crippen LogP contribution >= 0.6 is 0 Å². The summed E-state index contributed by atoms with van der Waals surface area (Å²) in [5, 5.41) is 12.6. The molecule has 2 N–H and O–H groups in total. The Kier molecular flexibility index (Phi) is 3.50. The molecule has 1 amide bonds. The maximum absolute atomic E-state index is 11.7. The van der Waals surface area contributed by atoms with E-state index in [0.29, 0.717) is 19.6 Å². The Balaban J connectivity index is 2.29. The molecule has 1 unspecified atom stereocenters. The SMILES string of the molecule is CCNCC(C)C(=O)N1CC(C)(O)C1. The number of hydrogen-bond donors (Lipinski definition) is 2. The Hall–Kier alpha value is -0.610. The molecule has 1 aliphatic heterocycles. The summed E-state index contributed by atoms with van der Waals surface area (Å²) in [6.07, 6.45) is 0. The number of β-amino-alcohol motifs (C(OH)–C–C–N with tert-alkyl or cyclic N) is 1. The zero-order chi connectivity index (χ0) is 10.8. The van der Waals surface area contributed by atoms with E-state index in [9.17, 15) is 9.90 Å². The molecule has 1 rings (SSSR count). The predicted molar refractivity (Wildman–Crippen MR) is 54.9 cm³/mol. The fraction of sp³-hybridized carbons (Fsp3) is 0.900. The van der Waals surface area contributed by atoms with Crippen molar-refractivity contribution < 1.29 is 9.90 Å². The molecule has 14 heavy (non-hydrogen) atoms. The van der Waals surface area contributed by atoms with Crippen LogP contribution < -0.4 is 5.32 Å². The number of carbonyl (C=O) groups excluding carboxylic acids is 1. The predicted octanol–water partition coefficient (Wildman–Crippen LogP) is -0.175. The molecule has 4 heteroatoms. The van der Waals surface area contributed by atoms with Gasteiger partial charge in [-0.15, -0.1) is 0 Å². The second kappa shape index (κ2) is 4.28. The minimum atomic E-state index is -0.659.